The molecule has 0 aliphatic carbocycles. The van der Waals surface area contributed by atoms with Crippen LogP contribution in [0, 0.1) is 5.82 Å². The number of ether oxygens (including phenoxy) is 3. The zero-order valence-corrected chi connectivity index (χ0v) is 18.8. The molecule has 3 aromatic rings. The lowest BCUT2D eigenvalue weighted by atomic mass is 10.1. The molecule has 37 heavy (non-hydrogen) atoms. The van der Waals surface area contributed by atoms with Gasteiger partial charge in [0.05, 0.1) is 12.7 Å². The summed E-state index contributed by atoms with van der Waals surface area (Å²) in [6.45, 7) is 1.19. The smallest absolute Gasteiger partial charge is 0.493 e. The van der Waals surface area contributed by atoms with E-state index in [2.05, 4.69) is 15.0 Å². The molecule has 1 N–H and O–H groups in total. The predicted octanol–water partition coefficient (Wildman–Crippen LogP) is 6.39. The Kier molecular flexibility index (Phi) is 7.60. The number of Topliss-reactive ketones (excluding diaryl/α,β-unsaturated/α-hetero) is 1. The maximum atomic E-state index is 15.0. The van der Waals surface area contributed by atoms with Crippen molar-refractivity contribution in [1.82, 2.24) is 4.98 Å². The summed E-state index contributed by atoms with van der Waals surface area (Å²) in [5, 5.41) is 2.17. The van der Waals surface area contributed by atoms with Crippen LogP contribution >= 0.6 is 0 Å². The number of alkyl halides is 6. The van der Waals surface area contributed by atoms with E-state index in [0.29, 0.717) is 12.1 Å². The van der Waals surface area contributed by atoms with Crippen LogP contribution in [0.3, 0.4) is 0 Å². The number of pyridine rings is 1. The van der Waals surface area contributed by atoms with E-state index in [1.807, 2.05) is 0 Å². The molecule has 14 heteroatoms. The van der Waals surface area contributed by atoms with E-state index in [0.717, 1.165) is 37.6 Å². The molecule has 196 valence electrons. The summed E-state index contributed by atoms with van der Waals surface area (Å²) in [4.78, 5) is 28.2. The van der Waals surface area contributed by atoms with Crippen LogP contribution in [-0.4, -0.2) is 30.1 Å². The fourth-order valence-corrected chi connectivity index (χ4v) is 3.02. The summed E-state index contributed by atoms with van der Waals surface area (Å²) in [6.07, 6.45) is -9.06. The number of nitrogens with zero attached hydrogens (tertiary/aromatic N) is 1. The molecule has 0 saturated carbocycles. The van der Waals surface area contributed by atoms with Crippen LogP contribution in [0.5, 0.6) is 23.0 Å². The molecular formula is C23H15F7N2O5. The molecule has 1 amide bonds. The highest BCUT2D eigenvalue weighted by molar-refractivity contribution is 6.07. The number of ketones is 1. The Morgan fingerprint density at radius 1 is 0.919 bits per heavy atom. The summed E-state index contributed by atoms with van der Waals surface area (Å²) in [7, 11) is 1.05. The number of carbonyl (C=O) groups excluding carboxylic acids is 2. The second-order valence-corrected chi connectivity index (χ2v) is 7.20. The zero-order chi connectivity index (χ0) is 27.5. The summed E-state index contributed by atoms with van der Waals surface area (Å²) in [6, 6.07) is 5.81. The standard InChI is InChI=1S/C23H15F7N2O5/c1-11(33)15-9-12(7-8-31-15)32-21(34)19-17(6-4-14(20(19)24)22(25,26)27)36-16-5-3-13(10-18(16)35-2)37-23(28,29)30/h3-10H,1-2H3,(H,31,32,34). The normalized spacial score (nSPS) is 11.6. The van der Waals surface area contributed by atoms with Crippen LogP contribution in [0.2, 0.25) is 0 Å². The maximum absolute atomic E-state index is 15.0. The first-order chi connectivity index (χ1) is 17.2. The number of carbonyl (C=O) groups is 2. The highest BCUT2D eigenvalue weighted by atomic mass is 19.4. The van der Waals surface area contributed by atoms with Gasteiger partial charge in [-0.15, -0.1) is 13.2 Å². The highest BCUT2D eigenvalue weighted by Crippen LogP contribution is 2.40. The van der Waals surface area contributed by atoms with Crippen molar-refractivity contribution in [1.29, 1.82) is 0 Å². The molecule has 0 unspecified atom stereocenters. The van der Waals surface area contributed by atoms with Gasteiger partial charge in [-0.2, -0.15) is 13.2 Å². The molecule has 2 aromatic carbocycles. The minimum absolute atomic E-state index is 0.0790. The van der Waals surface area contributed by atoms with E-state index in [1.54, 1.807) is 0 Å². The van der Waals surface area contributed by atoms with Crippen molar-refractivity contribution in [2.45, 2.75) is 19.5 Å². The van der Waals surface area contributed by atoms with Crippen LogP contribution < -0.4 is 19.5 Å². The van der Waals surface area contributed by atoms with Crippen LogP contribution in [-0.2, 0) is 6.18 Å². The van der Waals surface area contributed by atoms with Crippen molar-refractivity contribution in [3.63, 3.8) is 0 Å². The minimum Gasteiger partial charge on any atom is -0.493 e. The lowest BCUT2D eigenvalue weighted by Crippen LogP contribution is -2.19. The molecular weight excluding hydrogens is 517 g/mol. The number of benzene rings is 2. The van der Waals surface area contributed by atoms with Gasteiger partial charge in [0.1, 0.15) is 22.8 Å². The third-order valence-corrected chi connectivity index (χ3v) is 4.60. The molecule has 0 fully saturated rings. The minimum atomic E-state index is -5.18. The van der Waals surface area contributed by atoms with Gasteiger partial charge in [0, 0.05) is 24.9 Å². The largest absolute Gasteiger partial charge is 0.573 e. The third kappa shape index (κ3) is 6.65. The lowest BCUT2D eigenvalue weighted by molar-refractivity contribution is -0.274. The Bertz CT molecular complexity index is 1340. The molecule has 0 atom stereocenters. The molecule has 1 aromatic heterocycles. The van der Waals surface area contributed by atoms with Crippen LogP contribution in [0.15, 0.2) is 48.7 Å². The molecule has 0 aliphatic heterocycles. The predicted molar refractivity (Wildman–Crippen MR) is 113 cm³/mol. The Morgan fingerprint density at radius 2 is 1.59 bits per heavy atom. The number of halogens is 7. The van der Waals surface area contributed by atoms with Crippen molar-refractivity contribution in [2.24, 2.45) is 0 Å². The van der Waals surface area contributed by atoms with Crippen LogP contribution in [0.4, 0.5) is 36.4 Å². The first-order valence-electron chi connectivity index (χ1n) is 9.99. The Balaban J connectivity index is 2.05. The average Bonchev–Trinajstić information content (AvgIpc) is 2.78. The van der Waals surface area contributed by atoms with Crippen molar-refractivity contribution in [3.05, 3.63) is 71.3 Å². The van der Waals surface area contributed by atoms with Crippen molar-refractivity contribution in [3.8, 4) is 23.0 Å². The van der Waals surface area contributed by atoms with Crippen molar-refractivity contribution < 1.29 is 54.5 Å². The third-order valence-electron chi connectivity index (χ3n) is 4.60. The number of aromatic nitrogens is 1. The van der Waals surface area contributed by atoms with E-state index >= 15 is 4.39 Å². The van der Waals surface area contributed by atoms with Crippen molar-refractivity contribution >= 4 is 17.4 Å². The Morgan fingerprint density at radius 3 is 2.19 bits per heavy atom. The molecule has 0 saturated heterocycles. The number of nitrogens with one attached hydrogen (secondary N) is 1. The van der Waals surface area contributed by atoms with Gasteiger partial charge in [0.25, 0.3) is 5.91 Å². The van der Waals surface area contributed by atoms with E-state index in [-0.39, 0.29) is 22.9 Å². The number of amides is 1. The summed E-state index contributed by atoms with van der Waals surface area (Å²) in [5.41, 5.74) is -3.11. The second kappa shape index (κ2) is 10.3. The van der Waals surface area contributed by atoms with Gasteiger partial charge in [-0.25, -0.2) is 4.39 Å². The van der Waals surface area contributed by atoms with Gasteiger partial charge >= 0.3 is 12.5 Å². The van der Waals surface area contributed by atoms with Crippen LogP contribution in [0.1, 0.15) is 33.3 Å². The number of anilines is 1. The first-order valence-corrected chi connectivity index (χ1v) is 9.99. The fourth-order valence-electron chi connectivity index (χ4n) is 3.02. The summed E-state index contributed by atoms with van der Waals surface area (Å²) >= 11 is 0. The molecule has 0 bridgehead atoms. The van der Waals surface area contributed by atoms with E-state index in [4.69, 9.17) is 9.47 Å². The number of methoxy groups -OCH3 is 1. The van der Waals surface area contributed by atoms with Gasteiger partial charge in [-0.1, -0.05) is 0 Å². The summed E-state index contributed by atoms with van der Waals surface area (Å²) < 4.78 is 107. The first kappa shape index (κ1) is 27.2. The number of rotatable bonds is 7. The molecule has 0 aliphatic rings. The Labute approximate surface area is 203 Å². The van der Waals surface area contributed by atoms with Gasteiger partial charge in [-0.05, 0) is 36.4 Å². The average molecular weight is 532 g/mol. The SMILES string of the molecule is COc1cc(OC(F)(F)F)ccc1Oc1ccc(C(F)(F)F)c(F)c1C(=O)Nc1ccnc(C(C)=O)c1. The molecule has 7 nitrogen and oxygen atoms in total. The highest BCUT2D eigenvalue weighted by Gasteiger charge is 2.38. The Hall–Kier alpha value is -4.36. The van der Waals surface area contributed by atoms with Gasteiger partial charge in [-0.3, -0.25) is 14.6 Å². The molecule has 1 heterocycles. The number of hydrogen-bond acceptors (Lipinski definition) is 6. The second-order valence-electron chi connectivity index (χ2n) is 7.20. The molecule has 0 radical (unpaired) electrons. The quantitative estimate of drug-likeness (QED) is 0.280. The summed E-state index contributed by atoms with van der Waals surface area (Å²) in [5.74, 6) is -5.98. The van der Waals surface area contributed by atoms with Gasteiger partial charge < -0.3 is 19.5 Å². The monoisotopic (exact) mass is 532 g/mol. The zero-order valence-electron chi connectivity index (χ0n) is 18.8. The van der Waals surface area contributed by atoms with E-state index < -0.39 is 52.7 Å². The number of hydrogen-bond donors (Lipinski definition) is 1. The maximum Gasteiger partial charge on any atom is 0.573 e. The molecule has 0 spiro atoms. The topological polar surface area (TPSA) is 86.8 Å². The van der Waals surface area contributed by atoms with Crippen molar-refractivity contribution in [2.75, 3.05) is 12.4 Å². The van der Waals surface area contributed by atoms with Gasteiger partial charge in [0.15, 0.2) is 23.1 Å². The van der Waals surface area contributed by atoms with E-state index in [1.165, 1.54) is 13.0 Å². The lowest BCUT2D eigenvalue weighted by Gasteiger charge is -2.18. The van der Waals surface area contributed by atoms with Gasteiger partial charge in [0.2, 0.25) is 0 Å². The van der Waals surface area contributed by atoms with E-state index in [9.17, 15) is 35.9 Å². The fraction of sp³-hybridized carbons (Fsp3) is 0.174. The molecule has 3 rings (SSSR count). The van der Waals surface area contributed by atoms with Crippen LogP contribution in [0.25, 0.3) is 0 Å².